The van der Waals surface area contributed by atoms with Crippen LogP contribution in [0.4, 0.5) is 0 Å². The van der Waals surface area contributed by atoms with Crippen molar-refractivity contribution in [3.63, 3.8) is 0 Å². The van der Waals surface area contributed by atoms with Gasteiger partial charge in [-0.2, -0.15) is 0 Å². The molecule has 0 saturated carbocycles. The molecule has 6 N–H and O–H groups in total. The fourth-order valence-corrected chi connectivity index (χ4v) is 2.80. The first-order valence-electron chi connectivity index (χ1n) is 5.42. The molecule has 0 amide bonds. The minimum atomic E-state index is 0. The third-order valence-electron chi connectivity index (χ3n) is 2.56. The molecular weight excluding hydrogens is 335 g/mol. The number of hydrogen-bond donors (Lipinski definition) is 4. The molecule has 1 aromatic rings. The monoisotopic (exact) mass is 354 g/mol. The number of benzene rings is 1. The highest BCUT2D eigenvalue weighted by Gasteiger charge is 2.06. The summed E-state index contributed by atoms with van der Waals surface area (Å²) >= 11 is 2.67. The minimum absolute atomic E-state index is 0. The van der Waals surface area contributed by atoms with Crippen LogP contribution in [0, 0.1) is 24.7 Å². The molecule has 20 heavy (non-hydrogen) atoms. The van der Waals surface area contributed by atoms with Crippen LogP contribution < -0.4 is 11.5 Å². The van der Waals surface area contributed by atoms with E-state index < -0.39 is 0 Å². The van der Waals surface area contributed by atoms with Gasteiger partial charge in [0.25, 0.3) is 0 Å². The van der Waals surface area contributed by atoms with E-state index in [0.717, 1.165) is 11.5 Å². The number of halogens is 2. The van der Waals surface area contributed by atoms with Gasteiger partial charge in [0.15, 0.2) is 10.3 Å². The summed E-state index contributed by atoms with van der Waals surface area (Å²) in [5, 5.41) is 14.7. The van der Waals surface area contributed by atoms with Crippen LogP contribution in [0.5, 0.6) is 0 Å². The predicted octanol–water partition coefficient (Wildman–Crippen LogP) is 3.40. The van der Waals surface area contributed by atoms with Crippen molar-refractivity contribution in [2.75, 3.05) is 0 Å². The van der Waals surface area contributed by atoms with Crippen molar-refractivity contribution in [1.29, 1.82) is 10.8 Å². The van der Waals surface area contributed by atoms with E-state index in [1.54, 1.807) is 0 Å². The number of rotatable bonds is 4. The average molecular weight is 355 g/mol. The van der Waals surface area contributed by atoms with E-state index in [-0.39, 0.29) is 35.1 Å². The van der Waals surface area contributed by atoms with Gasteiger partial charge in [0.1, 0.15) is 0 Å². The summed E-state index contributed by atoms with van der Waals surface area (Å²) < 4.78 is 0. The average Bonchev–Trinajstić information content (AvgIpc) is 2.27. The molecule has 0 aliphatic carbocycles. The molecule has 0 fully saturated rings. The molecule has 0 heterocycles. The highest BCUT2D eigenvalue weighted by atomic mass is 35.5. The van der Waals surface area contributed by atoms with Crippen LogP contribution in [-0.4, -0.2) is 10.3 Å². The maximum Gasteiger partial charge on any atom is 0.151 e. The summed E-state index contributed by atoms with van der Waals surface area (Å²) in [5.41, 5.74) is 15.5. The van der Waals surface area contributed by atoms with Crippen molar-refractivity contribution in [3.05, 3.63) is 34.4 Å². The normalized spacial score (nSPS) is 9.30. The first-order valence-corrected chi connectivity index (χ1v) is 7.40. The Bertz CT molecular complexity index is 437. The summed E-state index contributed by atoms with van der Waals surface area (Å²) in [6.45, 7) is 4.11. The van der Waals surface area contributed by atoms with Crippen molar-refractivity contribution in [2.45, 2.75) is 25.4 Å². The molecule has 114 valence electrons. The lowest BCUT2D eigenvalue weighted by atomic mass is 10.0. The molecule has 0 aliphatic rings. The fraction of sp³-hybridized carbons (Fsp3) is 0.333. The summed E-state index contributed by atoms with van der Waals surface area (Å²) in [4.78, 5) is 0. The molecule has 0 spiro atoms. The number of hydrogen-bond acceptors (Lipinski definition) is 4. The van der Waals surface area contributed by atoms with Gasteiger partial charge in [-0.25, -0.2) is 0 Å². The molecule has 0 saturated heterocycles. The van der Waals surface area contributed by atoms with E-state index in [4.69, 9.17) is 22.3 Å². The zero-order chi connectivity index (χ0) is 13.7. The number of nitrogens with one attached hydrogen (secondary N) is 2. The Balaban J connectivity index is 0. The van der Waals surface area contributed by atoms with E-state index in [2.05, 4.69) is 26.0 Å². The van der Waals surface area contributed by atoms with Crippen LogP contribution >= 0.6 is 48.3 Å². The Morgan fingerprint density at radius 1 is 0.900 bits per heavy atom. The van der Waals surface area contributed by atoms with Crippen LogP contribution in [0.25, 0.3) is 0 Å². The number of nitrogens with two attached hydrogens (primary N) is 2. The number of amidine groups is 2. The van der Waals surface area contributed by atoms with Crippen LogP contribution in [0.3, 0.4) is 0 Å². The molecule has 1 aromatic carbocycles. The molecule has 4 nitrogen and oxygen atoms in total. The largest absolute Gasteiger partial charge is 0.379 e. The van der Waals surface area contributed by atoms with Gasteiger partial charge in [-0.05, 0) is 36.1 Å². The third kappa shape index (κ3) is 7.28. The Morgan fingerprint density at radius 2 is 1.20 bits per heavy atom. The van der Waals surface area contributed by atoms with E-state index in [0.29, 0.717) is 0 Å². The molecule has 0 atom stereocenters. The zero-order valence-electron chi connectivity index (χ0n) is 11.4. The van der Waals surface area contributed by atoms with Gasteiger partial charge >= 0.3 is 0 Å². The van der Waals surface area contributed by atoms with Gasteiger partial charge in [-0.3, -0.25) is 10.8 Å². The SMILES string of the molecule is Cc1cc(CSC(=N)N)c(C)cc1CSC(=N)N.Cl.Cl. The quantitative estimate of drug-likeness (QED) is 0.491. The second-order valence-electron chi connectivity index (χ2n) is 4.01. The van der Waals surface area contributed by atoms with Crippen molar-refractivity contribution < 1.29 is 0 Å². The summed E-state index contributed by atoms with van der Waals surface area (Å²) in [5.74, 6) is 1.45. The van der Waals surface area contributed by atoms with Gasteiger partial charge in [0.2, 0.25) is 0 Å². The molecule has 0 bridgehead atoms. The topological polar surface area (TPSA) is 99.7 Å². The summed E-state index contributed by atoms with van der Waals surface area (Å²) in [6, 6.07) is 4.25. The lowest BCUT2D eigenvalue weighted by Crippen LogP contribution is -2.06. The highest BCUT2D eigenvalue weighted by molar-refractivity contribution is 8.13. The molecule has 8 heteroatoms. The van der Waals surface area contributed by atoms with Crippen molar-refractivity contribution in [1.82, 2.24) is 0 Å². The first-order chi connectivity index (χ1) is 8.40. The lowest BCUT2D eigenvalue weighted by Gasteiger charge is -2.11. The summed E-state index contributed by atoms with van der Waals surface area (Å²) in [6.07, 6.45) is 0. The molecular formula is C12H20Cl2N4S2. The Kier molecular flexibility index (Phi) is 11.1. The van der Waals surface area contributed by atoms with E-state index in [9.17, 15) is 0 Å². The van der Waals surface area contributed by atoms with Gasteiger partial charge in [0.05, 0.1) is 0 Å². The molecule has 1 rings (SSSR count). The van der Waals surface area contributed by atoms with E-state index in [1.165, 1.54) is 45.8 Å². The Morgan fingerprint density at radius 3 is 1.45 bits per heavy atom. The first kappa shape index (κ1) is 21.7. The maximum atomic E-state index is 7.22. The summed E-state index contributed by atoms with van der Waals surface area (Å²) in [7, 11) is 0. The second kappa shape index (κ2) is 10.2. The predicted molar refractivity (Wildman–Crippen MR) is 96.8 cm³/mol. The minimum Gasteiger partial charge on any atom is -0.379 e. The standard InChI is InChI=1S/C12H18N4S2.2ClH/c1-7-3-10(6-18-12(15)16)8(2)4-9(7)5-17-11(13)14;;/h3-4H,5-6H2,1-2H3,(H3,13,14)(H3,15,16);2*1H. The van der Waals surface area contributed by atoms with Gasteiger partial charge < -0.3 is 11.5 Å². The second-order valence-corrected chi connectivity index (χ2v) is 6.05. The van der Waals surface area contributed by atoms with Crippen LogP contribution in [0.2, 0.25) is 0 Å². The molecule has 0 radical (unpaired) electrons. The van der Waals surface area contributed by atoms with Crippen molar-refractivity contribution in [3.8, 4) is 0 Å². The molecule has 0 aromatic heterocycles. The Hall–Kier alpha value is -0.560. The van der Waals surface area contributed by atoms with Crippen molar-refractivity contribution >= 4 is 58.7 Å². The van der Waals surface area contributed by atoms with Gasteiger partial charge in [0, 0.05) is 11.5 Å². The smallest absolute Gasteiger partial charge is 0.151 e. The van der Waals surface area contributed by atoms with Crippen LogP contribution in [-0.2, 0) is 11.5 Å². The number of thioether (sulfide) groups is 2. The molecule has 0 aliphatic heterocycles. The fourth-order valence-electron chi connectivity index (χ4n) is 1.56. The molecule has 0 unspecified atom stereocenters. The lowest BCUT2D eigenvalue weighted by molar-refractivity contribution is 1.22. The maximum absolute atomic E-state index is 7.22. The van der Waals surface area contributed by atoms with Crippen LogP contribution in [0.1, 0.15) is 22.3 Å². The van der Waals surface area contributed by atoms with E-state index >= 15 is 0 Å². The zero-order valence-corrected chi connectivity index (χ0v) is 14.6. The van der Waals surface area contributed by atoms with Gasteiger partial charge in [-0.1, -0.05) is 35.7 Å². The Labute approximate surface area is 140 Å². The van der Waals surface area contributed by atoms with E-state index in [1.807, 2.05) is 0 Å². The van der Waals surface area contributed by atoms with Crippen molar-refractivity contribution in [2.24, 2.45) is 11.5 Å². The highest BCUT2D eigenvalue weighted by Crippen LogP contribution is 2.23. The van der Waals surface area contributed by atoms with Crippen LogP contribution in [0.15, 0.2) is 12.1 Å². The number of aryl methyl sites for hydroxylation is 2. The van der Waals surface area contributed by atoms with Gasteiger partial charge in [-0.15, -0.1) is 24.8 Å². The third-order valence-corrected chi connectivity index (χ3v) is 4.09.